The van der Waals surface area contributed by atoms with Crippen LogP contribution in [0.3, 0.4) is 0 Å². The molecule has 0 amide bonds. The van der Waals surface area contributed by atoms with Crippen LogP contribution in [0.4, 0.5) is 0 Å². The smallest absolute Gasteiger partial charge is 0.360 e. The van der Waals surface area contributed by atoms with Crippen molar-refractivity contribution in [2.24, 2.45) is 11.3 Å². The van der Waals surface area contributed by atoms with E-state index in [2.05, 4.69) is 12.2 Å². The third-order valence-electron chi connectivity index (χ3n) is 3.64. The van der Waals surface area contributed by atoms with Gasteiger partial charge in [0.25, 0.3) is 0 Å². The van der Waals surface area contributed by atoms with Crippen LogP contribution in [0.1, 0.15) is 33.1 Å². The molecule has 15 heavy (non-hydrogen) atoms. The molecule has 1 saturated carbocycles. The lowest BCUT2D eigenvalue weighted by molar-refractivity contribution is -0.150. The van der Waals surface area contributed by atoms with E-state index in [-0.39, 0.29) is 12.0 Å². The monoisotopic (exact) mass is 213 g/mol. The first-order chi connectivity index (χ1) is 7.04. The van der Waals surface area contributed by atoms with Gasteiger partial charge in [-0.1, -0.05) is 13.3 Å². The van der Waals surface area contributed by atoms with Gasteiger partial charge in [-0.3, -0.25) is 4.79 Å². The summed E-state index contributed by atoms with van der Waals surface area (Å²) in [4.78, 5) is 11.3. The fraction of sp³-hybridized carbons (Fsp3) is 0.900. The van der Waals surface area contributed by atoms with Gasteiger partial charge >= 0.3 is 13.6 Å². The topological polar surface area (TPSA) is 58.6 Å². The molecule has 0 bridgehead atoms. The molecule has 0 spiro atoms. The summed E-state index contributed by atoms with van der Waals surface area (Å²) in [6.45, 7) is 3.92. The van der Waals surface area contributed by atoms with E-state index in [4.69, 9.17) is 4.65 Å². The predicted molar refractivity (Wildman–Crippen MR) is 59.8 cm³/mol. The second-order valence-electron chi connectivity index (χ2n) is 4.60. The number of hydrogen-bond acceptors (Lipinski definition) is 3. The summed E-state index contributed by atoms with van der Waals surface area (Å²) in [5, 5.41) is 12.5. The van der Waals surface area contributed by atoms with Gasteiger partial charge in [0, 0.05) is 7.11 Å². The molecule has 0 aromatic carbocycles. The fourth-order valence-corrected chi connectivity index (χ4v) is 2.60. The quantitative estimate of drug-likeness (QED) is 0.662. The fourth-order valence-electron chi connectivity index (χ4n) is 2.60. The first-order valence-corrected chi connectivity index (χ1v) is 5.50. The van der Waals surface area contributed by atoms with Crippen molar-refractivity contribution in [3.63, 3.8) is 0 Å². The Hall–Kier alpha value is -0.545. The summed E-state index contributed by atoms with van der Waals surface area (Å²) in [6.07, 6.45) is 2.56. The highest BCUT2D eigenvalue weighted by molar-refractivity contribution is 6.23. The average molecular weight is 213 g/mol. The molecule has 1 fully saturated rings. The molecule has 3 atom stereocenters. The summed E-state index contributed by atoms with van der Waals surface area (Å²) in [6, 6.07) is 0.274. The van der Waals surface area contributed by atoms with Crippen molar-refractivity contribution in [3.05, 3.63) is 0 Å². The molecule has 0 aromatic rings. The maximum atomic E-state index is 11.3. The van der Waals surface area contributed by atoms with E-state index in [0.717, 1.165) is 12.8 Å². The van der Waals surface area contributed by atoms with Crippen molar-refractivity contribution in [3.8, 4) is 0 Å². The van der Waals surface area contributed by atoms with Gasteiger partial charge in [-0.15, -0.1) is 0 Å². The zero-order valence-electron chi connectivity index (χ0n) is 9.75. The zero-order valence-corrected chi connectivity index (χ0v) is 9.75. The molecule has 1 aliphatic carbocycles. The van der Waals surface area contributed by atoms with Crippen LogP contribution in [0.15, 0.2) is 0 Å². The number of carboxylic acids is 1. The molecule has 4 nitrogen and oxygen atoms in total. The van der Waals surface area contributed by atoms with Crippen LogP contribution in [0, 0.1) is 11.3 Å². The molecule has 0 unspecified atom stereocenters. The summed E-state index contributed by atoms with van der Waals surface area (Å²) in [5.74, 6) is -0.402. The van der Waals surface area contributed by atoms with Gasteiger partial charge in [0.15, 0.2) is 0 Å². The molecule has 0 heterocycles. The summed E-state index contributed by atoms with van der Waals surface area (Å²) in [5.41, 5.74) is -0.569. The van der Waals surface area contributed by atoms with E-state index < -0.39 is 11.4 Å². The number of rotatable bonds is 5. The van der Waals surface area contributed by atoms with Crippen molar-refractivity contribution in [2.45, 2.75) is 39.2 Å². The lowest BCUT2D eigenvalue weighted by atomic mass is 9.78. The van der Waals surface area contributed by atoms with Crippen LogP contribution in [-0.2, 0) is 9.45 Å². The Labute approximate surface area is 91.7 Å². The normalized spacial score (nSPS) is 35.4. The Morgan fingerprint density at radius 1 is 1.73 bits per heavy atom. The van der Waals surface area contributed by atoms with E-state index in [0.29, 0.717) is 14.0 Å². The minimum absolute atomic E-state index is 0.268. The predicted octanol–water partition coefficient (Wildman–Crippen LogP) is 0.768. The molecule has 5 heteroatoms. The molecule has 0 radical (unpaired) electrons. The minimum atomic E-state index is -0.670. The second-order valence-corrected chi connectivity index (χ2v) is 4.60. The number of nitrogens with one attached hydrogen (secondary N) is 1. The van der Waals surface area contributed by atoms with E-state index in [1.807, 2.05) is 6.92 Å². The van der Waals surface area contributed by atoms with Gasteiger partial charge in [-0.2, -0.15) is 0 Å². The van der Waals surface area contributed by atoms with Gasteiger partial charge in [-0.25, -0.2) is 0 Å². The molecule has 0 aromatic heterocycles. The largest absolute Gasteiger partial charge is 0.481 e. The molecule has 86 valence electrons. The Bertz CT molecular complexity index is 237. The molecule has 1 rings (SSSR count). The van der Waals surface area contributed by atoms with Crippen molar-refractivity contribution in [1.82, 2.24) is 5.23 Å². The van der Waals surface area contributed by atoms with Gasteiger partial charge in [0.2, 0.25) is 0 Å². The van der Waals surface area contributed by atoms with Crippen molar-refractivity contribution >= 4 is 13.6 Å². The summed E-state index contributed by atoms with van der Waals surface area (Å²) in [7, 11) is 2.13. The number of carbonyl (C=O) groups is 1. The number of hydrogen-bond donors (Lipinski definition) is 2. The second kappa shape index (κ2) is 4.99. The van der Waals surface area contributed by atoms with Crippen molar-refractivity contribution in [2.75, 3.05) is 7.11 Å². The summed E-state index contributed by atoms with van der Waals surface area (Å²) < 4.78 is 4.94. The van der Waals surface area contributed by atoms with Gasteiger partial charge in [0.05, 0.1) is 5.41 Å². The van der Waals surface area contributed by atoms with E-state index in [9.17, 15) is 9.90 Å². The zero-order chi connectivity index (χ0) is 11.5. The molecule has 1 aliphatic rings. The highest BCUT2D eigenvalue weighted by atomic mass is 16.4. The Morgan fingerprint density at radius 3 is 2.80 bits per heavy atom. The molecule has 2 N–H and O–H groups in total. The Kier molecular flexibility index (Phi) is 4.17. The van der Waals surface area contributed by atoms with Crippen molar-refractivity contribution < 1.29 is 14.6 Å². The maximum Gasteiger partial charge on any atom is 0.360 e. The van der Waals surface area contributed by atoms with E-state index in [1.54, 1.807) is 7.11 Å². The van der Waals surface area contributed by atoms with Crippen LogP contribution in [0.5, 0.6) is 0 Å². The first-order valence-electron chi connectivity index (χ1n) is 5.50. The standard InChI is InChI=1S/C10H20BNO3/c1-4-7-5-8(12-11-15-3)6-10(7,2)9(13)14/h7-8,11-12H,4-6H2,1-3H3,(H,13,14)/t7-,8+,10-/m0/s1. The van der Waals surface area contributed by atoms with Crippen LogP contribution in [0.2, 0.25) is 0 Å². The minimum Gasteiger partial charge on any atom is -0.481 e. The number of carboxylic acid groups (broad SMARTS) is 1. The van der Waals surface area contributed by atoms with E-state index in [1.165, 1.54) is 0 Å². The Morgan fingerprint density at radius 2 is 2.40 bits per heavy atom. The van der Waals surface area contributed by atoms with Gasteiger partial charge in [0.1, 0.15) is 0 Å². The lowest BCUT2D eigenvalue weighted by Crippen LogP contribution is -2.34. The van der Waals surface area contributed by atoms with Crippen LogP contribution < -0.4 is 5.23 Å². The van der Waals surface area contributed by atoms with Crippen molar-refractivity contribution in [1.29, 1.82) is 0 Å². The molecule has 0 saturated heterocycles. The van der Waals surface area contributed by atoms with Crippen LogP contribution in [0.25, 0.3) is 0 Å². The SMILES string of the molecule is CC[C@H]1C[C@@H](NBOC)C[C@]1(C)C(=O)O. The molecular weight excluding hydrogens is 193 g/mol. The molecule has 0 aliphatic heterocycles. The number of aliphatic carboxylic acids is 1. The molecular formula is C10H20BNO3. The first kappa shape index (κ1) is 12.5. The third-order valence-corrected chi connectivity index (χ3v) is 3.64. The lowest BCUT2D eigenvalue weighted by Gasteiger charge is -2.25. The van der Waals surface area contributed by atoms with E-state index >= 15 is 0 Å². The highest BCUT2D eigenvalue weighted by Gasteiger charge is 2.48. The third kappa shape index (κ3) is 2.52. The van der Waals surface area contributed by atoms with Gasteiger partial charge < -0.3 is 15.0 Å². The highest BCUT2D eigenvalue weighted by Crippen LogP contribution is 2.45. The van der Waals surface area contributed by atoms with Crippen LogP contribution in [-0.4, -0.2) is 31.8 Å². The van der Waals surface area contributed by atoms with Gasteiger partial charge in [-0.05, 0) is 31.7 Å². The van der Waals surface area contributed by atoms with Crippen LogP contribution >= 0.6 is 0 Å². The average Bonchev–Trinajstić information content (AvgIpc) is 2.53. The summed E-state index contributed by atoms with van der Waals surface area (Å²) >= 11 is 0. The Balaban J connectivity index is 2.62. The maximum absolute atomic E-state index is 11.3.